The summed E-state index contributed by atoms with van der Waals surface area (Å²) < 4.78 is 0. The van der Waals surface area contributed by atoms with Gasteiger partial charge in [-0.25, -0.2) is 0 Å². The first kappa shape index (κ1) is 16.2. The molecule has 0 aromatic carbocycles. The van der Waals surface area contributed by atoms with Crippen molar-refractivity contribution >= 4 is 17.2 Å². The van der Waals surface area contributed by atoms with Gasteiger partial charge in [-0.1, -0.05) is 12.1 Å². The Morgan fingerprint density at radius 2 is 2.14 bits per heavy atom. The summed E-state index contributed by atoms with van der Waals surface area (Å²) in [5.74, 6) is 0.0435. The van der Waals surface area contributed by atoms with E-state index in [9.17, 15) is 9.90 Å². The van der Waals surface area contributed by atoms with Crippen molar-refractivity contribution in [2.45, 2.75) is 6.10 Å². The van der Waals surface area contributed by atoms with Gasteiger partial charge < -0.3 is 10.4 Å². The second kappa shape index (κ2) is 8.29. The number of nitrogens with one attached hydrogen (secondary N) is 1. The molecule has 1 fully saturated rings. The number of hydrogen-bond donors (Lipinski definition) is 2. The average molecular weight is 309 g/mol. The van der Waals surface area contributed by atoms with Crippen LogP contribution in [0.1, 0.15) is 11.0 Å². The fourth-order valence-electron chi connectivity index (χ4n) is 2.39. The van der Waals surface area contributed by atoms with Crippen molar-refractivity contribution in [1.82, 2.24) is 15.1 Å². The average Bonchev–Trinajstić information content (AvgIpc) is 3.01. The fraction of sp³-hybridized carbons (Fsp3) is 0.533. The fourth-order valence-corrected chi connectivity index (χ4v) is 3.09. The summed E-state index contributed by atoms with van der Waals surface area (Å²) in [7, 11) is 0. The van der Waals surface area contributed by atoms with Gasteiger partial charge in [0.25, 0.3) is 0 Å². The van der Waals surface area contributed by atoms with Gasteiger partial charge in [-0.2, -0.15) is 0 Å². The highest BCUT2D eigenvalue weighted by atomic mass is 32.1. The summed E-state index contributed by atoms with van der Waals surface area (Å²) in [5, 5.41) is 14.9. The normalized spacial score (nSPS) is 18.3. The van der Waals surface area contributed by atoms with E-state index in [0.717, 1.165) is 31.1 Å². The Balaban J connectivity index is 1.68. The molecule has 1 aromatic heterocycles. The maximum Gasteiger partial charge on any atom is 0.234 e. The Bertz CT molecular complexity index is 442. The van der Waals surface area contributed by atoms with Crippen LogP contribution in [0.2, 0.25) is 0 Å². The zero-order valence-electron chi connectivity index (χ0n) is 12.2. The summed E-state index contributed by atoms with van der Waals surface area (Å²) in [6, 6.07) is 3.93. The van der Waals surface area contributed by atoms with E-state index in [1.54, 1.807) is 17.4 Å². The first-order valence-electron chi connectivity index (χ1n) is 7.23. The Hall–Kier alpha value is -1.21. The molecule has 5 nitrogen and oxygen atoms in total. The molecule has 21 heavy (non-hydrogen) atoms. The number of amides is 1. The van der Waals surface area contributed by atoms with Gasteiger partial charge in [-0.15, -0.1) is 17.9 Å². The number of thiophene rings is 1. The molecule has 1 amide bonds. The van der Waals surface area contributed by atoms with Crippen molar-refractivity contribution in [3.05, 3.63) is 35.0 Å². The molecule has 0 aliphatic carbocycles. The van der Waals surface area contributed by atoms with E-state index in [2.05, 4.69) is 21.7 Å². The summed E-state index contributed by atoms with van der Waals surface area (Å²) in [5.41, 5.74) is 0. The van der Waals surface area contributed by atoms with E-state index in [1.165, 1.54) is 0 Å². The molecule has 2 rings (SSSR count). The molecule has 1 aliphatic heterocycles. The van der Waals surface area contributed by atoms with Crippen LogP contribution in [0.15, 0.2) is 30.2 Å². The maximum atomic E-state index is 11.6. The number of piperazine rings is 1. The highest BCUT2D eigenvalue weighted by Gasteiger charge is 2.21. The standard InChI is InChI=1S/C15H23N3O2S/c1-2-5-16-15(20)12-18-8-6-17(7-9-18)11-13(19)14-4-3-10-21-14/h2-4,10,13,19H,1,5-9,11-12H2,(H,16,20)/t13-/m1/s1. The van der Waals surface area contributed by atoms with E-state index in [4.69, 9.17) is 0 Å². The molecule has 6 heteroatoms. The molecule has 0 radical (unpaired) electrons. The molecule has 1 aromatic rings. The van der Waals surface area contributed by atoms with E-state index in [1.807, 2.05) is 17.5 Å². The second-order valence-electron chi connectivity index (χ2n) is 5.20. The summed E-state index contributed by atoms with van der Waals surface area (Å²) >= 11 is 1.59. The first-order valence-corrected chi connectivity index (χ1v) is 8.11. The highest BCUT2D eigenvalue weighted by Crippen LogP contribution is 2.20. The van der Waals surface area contributed by atoms with Crippen molar-refractivity contribution < 1.29 is 9.90 Å². The summed E-state index contributed by atoms with van der Waals surface area (Å²) in [6.45, 7) is 8.69. The van der Waals surface area contributed by atoms with Crippen LogP contribution in [0.25, 0.3) is 0 Å². The van der Waals surface area contributed by atoms with Gasteiger partial charge in [0.05, 0.1) is 6.54 Å². The third-order valence-electron chi connectivity index (χ3n) is 3.58. The molecular weight excluding hydrogens is 286 g/mol. The molecular formula is C15H23N3O2S. The van der Waals surface area contributed by atoms with Crippen LogP contribution < -0.4 is 5.32 Å². The summed E-state index contributed by atoms with van der Waals surface area (Å²) in [4.78, 5) is 17.0. The van der Waals surface area contributed by atoms with Crippen LogP contribution in [0.4, 0.5) is 0 Å². The Labute approximate surface area is 129 Å². The number of rotatable bonds is 7. The topological polar surface area (TPSA) is 55.8 Å². The Morgan fingerprint density at radius 3 is 2.76 bits per heavy atom. The number of carbonyl (C=O) groups excluding carboxylic acids is 1. The quantitative estimate of drug-likeness (QED) is 0.728. The SMILES string of the molecule is C=CCNC(=O)CN1CCN(C[C@@H](O)c2cccs2)CC1. The van der Waals surface area contributed by atoms with Crippen LogP contribution in [-0.4, -0.2) is 66.6 Å². The van der Waals surface area contributed by atoms with E-state index >= 15 is 0 Å². The minimum absolute atomic E-state index is 0.0435. The van der Waals surface area contributed by atoms with Crippen LogP contribution >= 0.6 is 11.3 Å². The van der Waals surface area contributed by atoms with Gasteiger partial charge in [-0.05, 0) is 11.4 Å². The number of nitrogens with zero attached hydrogens (tertiary/aromatic N) is 2. The molecule has 1 atom stereocenters. The van der Waals surface area contributed by atoms with Gasteiger partial charge in [0.15, 0.2) is 0 Å². The van der Waals surface area contributed by atoms with Gasteiger partial charge in [0, 0.05) is 44.1 Å². The molecule has 116 valence electrons. The lowest BCUT2D eigenvalue weighted by Gasteiger charge is -2.35. The van der Waals surface area contributed by atoms with Gasteiger partial charge in [0.2, 0.25) is 5.91 Å². The van der Waals surface area contributed by atoms with E-state index < -0.39 is 6.10 Å². The van der Waals surface area contributed by atoms with Gasteiger partial charge >= 0.3 is 0 Å². The minimum Gasteiger partial charge on any atom is -0.386 e. The third-order valence-corrected chi connectivity index (χ3v) is 4.55. The number of hydrogen-bond acceptors (Lipinski definition) is 5. The molecule has 0 bridgehead atoms. The molecule has 2 heterocycles. The van der Waals surface area contributed by atoms with Crippen molar-refractivity contribution in [1.29, 1.82) is 0 Å². The predicted molar refractivity (Wildman–Crippen MR) is 85.4 cm³/mol. The monoisotopic (exact) mass is 309 g/mol. The lowest BCUT2D eigenvalue weighted by molar-refractivity contribution is -0.122. The number of carbonyl (C=O) groups is 1. The van der Waals surface area contributed by atoms with Crippen LogP contribution in [-0.2, 0) is 4.79 Å². The van der Waals surface area contributed by atoms with Crippen LogP contribution in [0.3, 0.4) is 0 Å². The Morgan fingerprint density at radius 1 is 1.43 bits per heavy atom. The zero-order chi connectivity index (χ0) is 15.1. The van der Waals surface area contributed by atoms with Gasteiger partial charge in [0.1, 0.15) is 6.10 Å². The lowest BCUT2D eigenvalue weighted by Crippen LogP contribution is -2.50. The zero-order valence-corrected chi connectivity index (χ0v) is 13.0. The molecule has 2 N–H and O–H groups in total. The van der Waals surface area contributed by atoms with Crippen molar-refractivity contribution in [3.63, 3.8) is 0 Å². The van der Waals surface area contributed by atoms with Crippen molar-refractivity contribution in [2.75, 3.05) is 45.8 Å². The smallest absolute Gasteiger partial charge is 0.234 e. The molecule has 0 unspecified atom stereocenters. The molecule has 0 saturated carbocycles. The maximum absolute atomic E-state index is 11.6. The molecule has 1 aliphatic rings. The third kappa shape index (κ3) is 5.24. The molecule has 1 saturated heterocycles. The van der Waals surface area contributed by atoms with E-state index in [-0.39, 0.29) is 5.91 Å². The highest BCUT2D eigenvalue weighted by molar-refractivity contribution is 7.10. The largest absolute Gasteiger partial charge is 0.386 e. The van der Waals surface area contributed by atoms with Crippen molar-refractivity contribution in [2.24, 2.45) is 0 Å². The lowest BCUT2D eigenvalue weighted by atomic mass is 10.2. The number of aliphatic hydroxyl groups excluding tert-OH is 1. The van der Waals surface area contributed by atoms with E-state index in [0.29, 0.717) is 19.6 Å². The Kier molecular flexibility index (Phi) is 6.38. The van der Waals surface area contributed by atoms with Crippen LogP contribution in [0, 0.1) is 0 Å². The number of aliphatic hydroxyl groups is 1. The van der Waals surface area contributed by atoms with Gasteiger partial charge in [-0.3, -0.25) is 14.6 Å². The first-order chi connectivity index (χ1) is 10.2. The minimum atomic E-state index is -0.410. The van der Waals surface area contributed by atoms with Crippen LogP contribution in [0.5, 0.6) is 0 Å². The van der Waals surface area contributed by atoms with Crippen molar-refractivity contribution in [3.8, 4) is 0 Å². The molecule has 0 spiro atoms. The second-order valence-corrected chi connectivity index (χ2v) is 6.18. The number of β-amino-alcohol motifs (C(OH)–C–C–N with tert-alkyl or cyclic N) is 1. The summed E-state index contributed by atoms with van der Waals surface area (Å²) in [6.07, 6.45) is 1.27. The predicted octanol–water partition coefficient (Wildman–Crippen LogP) is 0.701.